The highest BCUT2D eigenvalue weighted by Crippen LogP contribution is 2.33. The van der Waals surface area contributed by atoms with Gasteiger partial charge >= 0.3 is 0 Å². The summed E-state index contributed by atoms with van der Waals surface area (Å²) in [5, 5.41) is 0.717. The van der Waals surface area contributed by atoms with Gasteiger partial charge in [-0.05, 0) is 30.7 Å². The summed E-state index contributed by atoms with van der Waals surface area (Å²) in [5.74, 6) is 5.89. The third kappa shape index (κ3) is 2.60. The first kappa shape index (κ1) is 14.3. The molecule has 1 aromatic heterocycles. The monoisotopic (exact) mass is 348 g/mol. The summed E-state index contributed by atoms with van der Waals surface area (Å²) in [6.45, 7) is 2.00. The smallest absolute Gasteiger partial charge is 0.169 e. The van der Waals surface area contributed by atoms with Gasteiger partial charge in [0.25, 0.3) is 0 Å². The third-order valence-corrected chi connectivity index (χ3v) is 4.15. The van der Waals surface area contributed by atoms with Crippen LogP contribution >= 0.6 is 15.9 Å². The van der Waals surface area contributed by atoms with Crippen LogP contribution < -0.4 is 11.3 Å². The van der Waals surface area contributed by atoms with E-state index in [1.807, 2.05) is 31.2 Å². The van der Waals surface area contributed by atoms with E-state index in [4.69, 9.17) is 10.3 Å². The van der Waals surface area contributed by atoms with Crippen molar-refractivity contribution in [2.24, 2.45) is 5.84 Å². The minimum Gasteiger partial charge on any atom is -0.456 e. The van der Waals surface area contributed by atoms with Crippen LogP contribution in [-0.4, -0.2) is 0 Å². The lowest BCUT2D eigenvalue weighted by atomic mass is 10.0. The second-order valence-electron chi connectivity index (χ2n) is 4.93. The second-order valence-corrected chi connectivity index (χ2v) is 5.79. The van der Waals surface area contributed by atoms with Gasteiger partial charge in [-0.25, -0.2) is 9.82 Å². The fraction of sp³-hybridized carbons (Fsp3) is 0.125. The highest BCUT2D eigenvalue weighted by Gasteiger charge is 2.20. The van der Waals surface area contributed by atoms with Crippen molar-refractivity contribution >= 4 is 26.9 Å². The molecule has 1 heterocycles. The van der Waals surface area contributed by atoms with Crippen LogP contribution in [0.5, 0.6) is 0 Å². The number of hydrogen-bond acceptors (Lipinski definition) is 3. The number of aryl methyl sites for hydroxylation is 1. The van der Waals surface area contributed by atoms with Crippen LogP contribution in [0.2, 0.25) is 0 Å². The molecular weight excluding hydrogens is 335 g/mol. The first-order valence-corrected chi connectivity index (χ1v) is 7.29. The molecule has 0 aliphatic rings. The summed E-state index contributed by atoms with van der Waals surface area (Å²) in [5.41, 5.74) is 5.03. The fourth-order valence-electron chi connectivity index (χ4n) is 2.40. The second kappa shape index (κ2) is 5.60. The normalized spacial score (nSPS) is 12.8. The van der Waals surface area contributed by atoms with E-state index >= 15 is 0 Å². The lowest BCUT2D eigenvalue weighted by Gasteiger charge is -2.16. The molecule has 0 saturated carbocycles. The Morgan fingerprint density at radius 3 is 2.76 bits per heavy atom. The molecule has 0 radical (unpaired) electrons. The van der Waals surface area contributed by atoms with Gasteiger partial charge in [-0.1, -0.05) is 45.8 Å². The zero-order valence-corrected chi connectivity index (χ0v) is 12.9. The van der Waals surface area contributed by atoms with Crippen LogP contribution in [0.1, 0.15) is 22.9 Å². The van der Waals surface area contributed by atoms with Crippen molar-refractivity contribution in [2.45, 2.75) is 13.0 Å². The Morgan fingerprint density at radius 2 is 2.05 bits per heavy atom. The summed E-state index contributed by atoms with van der Waals surface area (Å²) in [7, 11) is 0. The average molecular weight is 349 g/mol. The van der Waals surface area contributed by atoms with E-state index in [1.54, 1.807) is 12.1 Å². The molecule has 3 aromatic rings. The summed E-state index contributed by atoms with van der Waals surface area (Å²) in [6, 6.07) is 12.3. The molecule has 0 amide bonds. The minimum absolute atomic E-state index is 0.247. The molecule has 3 rings (SSSR count). The van der Waals surface area contributed by atoms with E-state index in [9.17, 15) is 4.39 Å². The highest BCUT2D eigenvalue weighted by molar-refractivity contribution is 9.10. The van der Waals surface area contributed by atoms with Crippen LogP contribution in [0.4, 0.5) is 4.39 Å². The number of fused-ring (bicyclic) bond motifs is 1. The molecule has 2 aromatic carbocycles. The Labute approximate surface area is 130 Å². The third-order valence-electron chi connectivity index (χ3n) is 3.43. The molecule has 108 valence electrons. The molecule has 3 N–H and O–H groups in total. The van der Waals surface area contributed by atoms with Crippen LogP contribution in [0.3, 0.4) is 0 Å². The van der Waals surface area contributed by atoms with Gasteiger partial charge in [-0.3, -0.25) is 5.84 Å². The number of hydrogen-bond donors (Lipinski definition) is 2. The fourth-order valence-corrected chi connectivity index (χ4v) is 2.87. The lowest BCUT2D eigenvalue weighted by Crippen LogP contribution is -2.28. The summed E-state index contributed by atoms with van der Waals surface area (Å²) in [6.07, 6.45) is 0. The maximum absolute atomic E-state index is 13.8. The Kier molecular flexibility index (Phi) is 3.80. The first-order valence-electron chi connectivity index (χ1n) is 6.50. The van der Waals surface area contributed by atoms with Crippen LogP contribution in [-0.2, 0) is 0 Å². The maximum atomic E-state index is 13.8. The van der Waals surface area contributed by atoms with E-state index in [0.29, 0.717) is 11.1 Å². The molecule has 0 bridgehead atoms. The zero-order chi connectivity index (χ0) is 15.0. The standard InChI is InChI=1S/C16H14BrFN2O/c1-9-5-6-12(17)11(7-9)15(20-19)14-8-10-3-2-4-13(18)16(10)21-14/h2-8,15,20H,19H2,1H3. The van der Waals surface area contributed by atoms with Gasteiger partial charge in [0.05, 0.1) is 0 Å². The minimum atomic E-state index is -0.377. The molecule has 0 aliphatic carbocycles. The molecule has 0 aliphatic heterocycles. The van der Waals surface area contributed by atoms with Gasteiger partial charge in [0, 0.05) is 9.86 Å². The van der Waals surface area contributed by atoms with Crippen LogP contribution in [0.25, 0.3) is 11.0 Å². The van der Waals surface area contributed by atoms with Crippen molar-refractivity contribution in [3.05, 3.63) is 69.6 Å². The van der Waals surface area contributed by atoms with Gasteiger partial charge in [-0.2, -0.15) is 0 Å². The predicted octanol–water partition coefficient (Wildman–Crippen LogP) is 4.20. The van der Waals surface area contributed by atoms with Crippen LogP contribution in [0, 0.1) is 12.7 Å². The number of halogens is 2. The highest BCUT2D eigenvalue weighted by atomic mass is 79.9. The summed E-state index contributed by atoms with van der Waals surface area (Å²) >= 11 is 3.52. The zero-order valence-electron chi connectivity index (χ0n) is 11.4. The number of nitrogens with two attached hydrogens (primary N) is 1. The SMILES string of the molecule is Cc1ccc(Br)c(C(NN)c2cc3cccc(F)c3o2)c1. The van der Waals surface area contributed by atoms with Crippen molar-refractivity contribution < 1.29 is 8.81 Å². The molecule has 21 heavy (non-hydrogen) atoms. The van der Waals surface area contributed by atoms with Gasteiger partial charge in [-0.15, -0.1) is 0 Å². The Bertz CT molecular complexity index is 800. The number of rotatable bonds is 3. The van der Waals surface area contributed by atoms with E-state index in [1.165, 1.54) is 6.07 Å². The Balaban J connectivity index is 2.13. The number of nitrogens with one attached hydrogen (secondary N) is 1. The van der Waals surface area contributed by atoms with Crippen molar-refractivity contribution in [3.8, 4) is 0 Å². The molecule has 3 nitrogen and oxygen atoms in total. The topological polar surface area (TPSA) is 51.2 Å². The van der Waals surface area contributed by atoms with Crippen molar-refractivity contribution in [2.75, 3.05) is 0 Å². The maximum Gasteiger partial charge on any atom is 0.169 e. The Morgan fingerprint density at radius 1 is 1.24 bits per heavy atom. The average Bonchev–Trinajstić information content (AvgIpc) is 2.89. The van der Waals surface area contributed by atoms with Gasteiger partial charge in [0.2, 0.25) is 0 Å². The molecule has 0 saturated heterocycles. The summed E-state index contributed by atoms with van der Waals surface area (Å²) in [4.78, 5) is 0. The predicted molar refractivity (Wildman–Crippen MR) is 84.2 cm³/mol. The lowest BCUT2D eigenvalue weighted by molar-refractivity contribution is 0.464. The molecule has 5 heteroatoms. The van der Waals surface area contributed by atoms with E-state index in [2.05, 4.69) is 21.4 Å². The largest absolute Gasteiger partial charge is 0.456 e. The van der Waals surface area contributed by atoms with E-state index in [0.717, 1.165) is 15.6 Å². The first-order chi connectivity index (χ1) is 10.1. The molecule has 1 atom stereocenters. The van der Waals surface area contributed by atoms with Crippen LogP contribution in [0.15, 0.2) is 51.4 Å². The molecule has 0 spiro atoms. The summed E-state index contributed by atoms with van der Waals surface area (Å²) < 4.78 is 20.3. The Hall–Kier alpha value is -1.69. The van der Waals surface area contributed by atoms with Gasteiger partial charge in [0.15, 0.2) is 11.4 Å². The number of benzene rings is 2. The molecule has 0 fully saturated rings. The van der Waals surface area contributed by atoms with Gasteiger partial charge < -0.3 is 4.42 Å². The number of hydrazine groups is 1. The molecular formula is C16H14BrFN2O. The van der Waals surface area contributed by atoms with Crippen molar-refractivity contribution in [1.82, 2.24) is 5.43 Å². The quantitative estimate of drug-likeness (QED) is 0.551. The van der Waals surface area contributed by atoms with Gasteiger partial charge in [0.1, 0.15) is 11.8 Å². The van der Waals surface area contributed by atoms with E-state index < -0.39 is 0 Å². The van der Waals surface area contributed by atoms with Crippen molar-refractivity contribution in [1.29, 1.82) is 0 Å². The molecule has 1 unspecified atom stereocenters. The number of para-hydroxylation sites is 1. The van der Waals surface area contributed by atoms with E-state index in [-0.39, 0.29) is 17.4 Å². The van der Waals surface area contributed by atoms with Crippen molar-refractivity contribution in [3.63, 3.8) is 0 Å². The number of furan rings is 1.